The van der Waals surface area contributed by atoms with Gasteiger partial charge in [-0.2, -0.15) is 0 Å². The Bertz CT molecular complexity index is 295. The number of aryl methyl sites for hydroxylation is 1. The lowest BCUT2D eigenvalue weighted by molar-refractivity contribution is 0.714. The molecular weight excluding hydrogens is 170 g/mol. The normalized spacial score (nSPS) is 9.17. The van der Waals surface area contributed by atoms with Gasteiger partial charge in [-0.1, -0.05) is 11.1 Å². The fraction of sp³-hybridized carbons (Fsp3) is 0.500. The molecule has 1 aromatic rings. The monoisotopic (exact) mass is 181 g/mol. The number of aromatic nitrogens is 3. The molecule has 0 unspecified atom stereocenters. The van der Waals surface area contributed by atoms with E-state index in [4.69, 9.17) is 0 Å². The molecule has 0 saturated heterocycles. The molecule has 0 atom stereocenters. The summed E-state index contributed by atoms with van der Waals surface area (Å²) in [5, 5.41) is 7.79. The van der Waals surface area contributed by atoms with Crippen LogP contribution in [0.1, 0.15) is 12.6 Å². The number of hydrogen-bond acceptors (Lipinski definition) is 3. The molecule has 0 fully saturated rings. The lowest BCUT2D eigenvalue weighted by Crippen LogP contribution is -1.85. The van der Waals surface area contributed by atoms with Gasteiger partial charge in [0.25, 0.3) is 0 Å². The Balaban J connectivity index is 2.27. The van der Waals surface area contributed by atoms with E-state index < -0.39 is 0 Å². The third-order valence-electron chi connectivity index (χ3n) is 1.25. The molecule has 3 nitrogen and oxygen atoms in total. The van der Waals surface area contributed by atoms with E-state index in [0.29, 0.717) is 0 Å². The highest BCUT2D eigenvalue weighted by molar-refractivity contribution is 7.98. The van der Waals surface area contributed by atoms with Crippen LogP contribution in [-0.2, 0) is 12.8 Å². The number of hydrogen-bond donors (Lipinski definition) is 0. The first-order valence-corrected chi connectivity index (χ1v) is 4.81. The van der Waals surface area contributed by atoms with Crippen molar-refractivity contribution in [2.24, 2.45) is 7.05 Å². The second-order valence-electron chi connectivity index (χ2n) is 2.30. The van der Waals surface area contributed by atoms with Crippen molar-refractivity contribution in [3.05, 3.63) is 11.9 Å². The minimum atomic E-state index is 0.868. The third-order valence-corrected chi connectivity index (χ3v) is 2.10. The lowest BCUT2D eigenvalue weighted by atomic mass is 10.6. The molecule has 0 aliphatic rings. The minimum absolute atomic E-state index is 0.868. The predicted octanol–water partition coefficient (Wildman–Crippen LogP) is 1.07. The van der Waals surface area contributed by atoms with Crippen LogP contribution in [0.15, 0.2) is 6.20 Å². The zero-order valence-electron chi connectivity index (χ0n) is 7.24. The van der Waals surface area contributed by atoms with Crippen LogP contribution in [0.5, 0.6) is 0 Å². The second-order valence-corrected chi connectivity index (χ2v) is 3.29. The average molecular weight is 181 g/mol. The maximum Gasteiger partial charge on any atom is 0.0926 e. The summed E-state index contributed by atoms with van der Waals surface area (Å²) in [6.45, 7) is 1.85. The molecule has 0 bridgehead atoms. The summed E-state index contributed by atoms with van der Waals surface area (Å²) in [6.07, 6.45) is 1.92. The van der Waals surface area contributed by atoms with Crippen LogP contribution in [0.25, 0.3) is 0 Å². The summed E-state index contributed by atoms with van der Waals surface area (Å²) < 4.78 is 1.71. The van der Waals surface area contributed by atoms with Crippen LogP contribution in [0.3, 0.4) is 0 Å². The van der Waals surface area contributed by atoms with Crippen LogP contribution in [0.2, 0.25) is 0 Å². The summed E-state index contributed by atoms with van der Waals surface area (Å²) in [7, 11) is 1.87. The molecule has 0 aliphatic carbocycles. The first-order valence-electron chi connectivity index (χ1n) is 3.65. The van der Waals surface area contributed by atoms with Gasteiger partial charge < -0.3 is 0 Å². The number of rotatable bonds is 3. The van der Waals surface area contributed by atoms with Crippen molar-refractivity contribution in [2.75, 3.05) is 5.75 Å². The maximum absolute atomic E-state index is 3.96. The maximum atomic E-state index is 3.96. The van der Waals surface area contributed by atoms with E-state index in [-0.39, 0.29) is 0 Å². The van der Waals surface area contributed by atoms with Crippen molar-refractivity contribution in [1.29, 1.82) is 0 Å². The van der Waals surface area contributed by atoms with E-state index in [0.717, 1.165) is 17.2 Å². The van der Waals surface area contributed by atoms with Gasteiger partial charge in [0, 0.05) is 19.0 Å². The van der Waals surface area contributed by atoms with Crippen LogP contribution in [0.4, 0.5) is 0 Å². The summed E-state index contributed by atoms with van der Waals surface area (Å²) in [5.41, 5.74) is 1.01. The summed E-state index contributed by atoms with van der Waals surface area (Å²) in [4.78, 5) is 0. The Kier molecular flexibility index (Phi) is 3.68. The zero-order valence-corrected chi connectivity index (χ0v) is 8.06. The van der Waals surface area contributed by atoms with E-state index in [1.165, 1.54) is 0 Å². The van der Waals surface area contributed by atoms with Crippen molar-refractivity contribution in [3.8, 4) is 11.8 Å². The van der Waals surface area contributed by atoms with Crippen molar-refractivity contribution in [1.82, 2.24) is 15.0 Å². The van der Waals surface area contributed by atoms with Gasteiger partial charge in [0.15, 0.2) is 0 Å². The average Bonchev–Trinajstić information content (AvgIpc) is 2.45. The van der Waals surface area contributed by atoms with E-state index in [9.17, 15) is 0 Å². The molecule has 1 rings (SSSR count). The highest BCUT2D eigenvalue weighted by Crippen LogP contribution is 2.07. The van der Waals surface area contributed by atoms with Crippen LogP contribution >= 0.6 is 11.8 Å². The van der Waals surface area contributed by atoms with Gasteiger partial charge in [-0.15, -0.1) is 22.8 Å². The van der Waals surface area contributed by atoms with Gasteiger partial charge in [0.05, 0.1) is 11.4 Å². The van der Waals surface area contributed by atoms with Gasteiger partial charge in [0.2, 0.25) is 0 Å². The fourth-order valence-corrected chi connectivity index (χ4v) is 1.43. The molecule has 0 amide bonds. The van der Waals surface area contributed by atoms with Gasteiger partial charge in [-0.25, -0.2) is 0 Å². The first kappa shape index (κ1) is 9.14. The highest BCUT2D eigenvalue weighted by atomic mass is 32.2. The largest absolute Gasteiger partial charge is 0.255 e. The van der Waals surface area contributed by atoms with E-state index in [2.05, 4.69) is 22.2 Å². The van der Waals surface area contributed by atoms with Crippen molar-refractivity contribution >= 4 is 11.8 Å². The summed E-state index contributed by atoms with van der Waals surface area (Å²) in [5.74, 6) is 7.59. The second kappa shape index (κ2) is 4.83. The van der Waals surface area contributed by atoms with E-state index in [1.807, 2.05) is 20.2 Å². The number of nitrogens with zero attached hydrogens (tertiary/aromatic N) is 3. The smallest absolute Gasteiger partial charge is 0.0926 e. The molecule has 0 radical (unpaired) electrons. The third kappa shape index (κ3) is 2.97. The number of thioether (sulfide) groups is 1. The van der Waals surface area contributed by atoms with Crippen LogP contribution < -0.4 is 0 Å². The summed E-state index contributed by atoms with van der Waals surface area (Å²) in [6, 6.07) is 0. The molecule has 1 heterocycles. The summed E-state index contributed by atoms with van der Waals surface area (Å²) >= 11 is 1.75. The quantitative estimate of drug-likeness (QED) is 0.516. The van der Waals surface area contributed by atoms with Crippen LogP contribution in [-0.4, -0.2) is 20.7 Å². The van der Waals surface area contributed by atoms with Gasteiger partial charge in [-0.05, 0) is 6.92 Å². The molecule has 0 saturated carbocycles. The lowest BCUT2D eigenvalue weighted by Gasteiger charge is -1.89. The molecule has 0 aliphatic heterocycles. The molecule has 64 valence electrons. The Labute approximate surface area is 76.5 Å². The first-order chi connectivity index (χ1) is 5.83. The zero-order chi connectivity index (χ0) is 8.81. The van der Waals surface area contributed by atoms with Gasteiger partial charge in [-0.3, -0.25) is 4.68 Å². The molecule has 0 N–H and O–H groups in total. The molecule has 0 spiro atoms. The minimum Gasteiger partial charge on any atom is -0.255 e. The van der Waals surface area contributed by atoms with Gasteiger partial charge in [0.1, 0.15) is 0 Å². The van der Waals surface area contributed by atoms with Gasteiger partial charge >= 0.3 is 0 Å². The van der Waals surface area contributed by atoms with E-state index in [1.54, 1.807) is 16.4 Å². The van der Waals surface area contributed by atoms with E-state index >= 15 is 0 Å². The highest BCUT2D eigenvalue weighted by Gasteiger charge is 1.96. The molecule has 0 aromatic carbocycles. The Morgan fingerprint density at radius 3 is 3.08 bits per heavy atom. The van der Waals surface area contributed by atoms with Crippen molar-refractivity contribution in [2.45, 2.75) is 12.7 Å². The SMILES string of the molecule is CC#CCSCc1cn(C)nn1. The Morgan fingerprint density at radius 2 is 2.50 bits per heavy atom. The topological polar surface area (TPSA) is 30.7 Å². The Morgan fingerprint density at radius 1 is 1.67 bits per heavy atom. The van der Waals surface area contributed by atoms with Crippen molar-refractivity contribution < 1.29 is 0 Å². The predicted molar refractivity (Wildman–Crippen MR) is 50.6 cm³/mol. The molecule has 4 heteroatoms. The molecule has 12 heavy (non-hydrogen) atoms. The molecule has 1 aromatic heterocycles. The molecular formula is C8H11N3S. The Hall–Kier alpha value is -0.950. The van der Waals surface area contributed by atoms with Crippen LogP contribution in [0, 0.1) is 11.8 Å². The fourth-order valence-electron chi connectivity index (χ4n) is 0.740. The van der Waals surface area contributed by atoms with Crippen molar-refractivity contribution in [3.63, 3.8) is 0 Å². The standard InChI is InChI=1S/C8H11N3S/c1-3-4-5-12-7-8-6-11(2)10-9-8/h6H,5,7H2,1-2H3.